The van der Waals surface area contributed by atoms with E-state index in [0.717, 1.165) is 22.3 Å². The summed E-state index contributed by atoms with van der Waals surface area (Å²) in [5.74, 6) is 1.45. The Balaban J connectivity index is 2.03. The van der Waals surface area contributed by atoms with Crippen molar-refractivity contribution in [2.45, 2.75) is 0 Å². The molecule has 2 aromatic carbocycles. The third-order valence-electron chi connectivity index (χ3n) is 3.54. The van der Waals surface area contributed by atoms with E-state index in [-0.39, 0.29) is 5.75 Å². The van der Waals surface area contributed by atoms with Gasteiger partial charge >= 0.3 is 0 Å². The van der Waals surface area contributed by atoms with Gasteiger partial charge in [-0.05, 0) is 23.8 Å². The van der Waals surface area contributed by atoms with Gasteiger partial charge in [0.15, 0.2) is 5.76 Å². The Morgan fingerprint density at radius 2 is 1.81 bits per heavy atom. The fraction of sp³-hybridized carbons (Fsp3) is 0. The summed E-state index contributed by atoms with van der Waals surface area (Å²) in [6.45, 7) is 0. The van der Waals surface area contributed by atoms with Crippen molar-refractivity contribution in [2.75, 3.05) is 0 Å². The van der Waals surface area contributed by atoms with E-state index >= 15 is 0 Å². The zero-order valence-electron chi connectivity index (χ0n) is 11.1. The Hall–Kier alpha value is -2.94. The molecule has 0 saturated carbocycles. The minimum atomic E-state index is 0.178. The van der Waals surface area contributed by atoms with Crippen molar-refractivity contribution in [2.24, 2.45) is 0 Å². The van der Waals surface area contributed by atoms with Crippen LogP contribution in [0.4, 0.5) is 0 Å². The number of benzene rings is 2. The Morgan fingerprint density at radius 3 is 2.67 bits per heavy atom. The number of aromatic hydroxyl groups is 1. The second-order valence-electron chi connectivity index (χ2n) is 4.86. The predicted octanol–water partition coefficient (Wildman–Crippen LogP) is 3.97. The van der Waals surface area contributed by atoms with E-state index in [1.165, 1.54) is 0 Å². The van der Waals surface area contributed by atoms with Crippen LogP contribution in [0, 0.1) is 0 Å². The van der Waals surface area contributed by atoms with Crippen molar-refractivity contribution < 1.29 is 14.6 Å². The minimum Gasteiger partial charge on any atom is -0.508 e. The highest BCUT2D eigenvalue weighted by molar-refractivity contribution is 5.90. The summed E-state index contributed by atoms with van der Waals surface area (Å²) in [5.41, 5.74) is 4.10. The van der Waals surface area contributed by atoms with Gasteiger partial charge in [0.2, 0.25) is 0 Å². The average molecular weight is 276 g/mol. The maximum absolute atomic E-state index is 9.68. The lowest BCUT2D eigenvalue weighted by molar-refractivity contribution is 0.339. The van der Waals surface area contributed by atoms with Crippen LogP contribution in [0.5, 0.6) is 11.5 Å². The van der Waals surface area contributed by atoms with E-state index in [4.69, 9.17) is 9.47 Å². The Morgan fingerprint density at radius 1 is 0.952 bits per heavy atom. The molecule has 2 aliphatic rings. The Bertz CT molecular complexity index is 798. The third kappa shape index (κ3) is 1.91. The van der Waals surface area contributed by atoms with Crippen molar-refractivity contribution >= 4 is 5.57 Å². The van der Waals surface area contributed by atoms with Crippen LogP contribution in [-0.2, 0) is 4.74 Å². The van der Waals surface area contributed by atoms with E-state index < -0.39 is 0 Å². The largest absolute Gasteiger partial charge is 0.508 e. The number of phenolic OH excluding ortho intramolecular Hbond substituents is 1. The van der Waals surface area contributed by atoms with Gasteiger partial charge < -0.3 is 14.6 Å². The molecule has 102 valence electrons. The second kappa shape index (κ2) is 4.56. The summed E-state index contributed by atoms with van der Waals surface area (Å²) >= 11 is 0. The highest BCUT2D eigenvalue weighted by Crippen LogP contribution is 2.43. The van der Waals surface area contributed by atoms with Gasteiger partial charge in [-0.25, -0.2) is 0 Å². The first-order valence-electron chi connectivity index (χ1n) is 6.66. The van der Waals surface area contributed by atoms with Crippen LogP contribution < -0.4 is 4.74 Å². The van der Waals surface area contributed by atoms with E-state index in [1.54, 1.807) is 24.7 Å². The van der Waals surface area contributed by atoms with Crippen LogP contribution in [0.2, 0.25) is 0 Å². The first-order chi connectivity index (χ1) is 10.3. The molecule has 0 amide bonds. The smallest absolute Gasteiger partial charge is 0.170 e. The Kier molecular flexibility index (Phi) is 2.57. The monoisotopic (exact) mass is 276 g/mol. The molecule has 3 nitrogen and oxygen atoms in total. The summed E-state index contributed by atoms with van der Waals surface area (Å²) in [7, 11) is 0. The zero-order valence-corrected chi connectivity index (χ0v) is 11.1. The molecule has 0 radical (unpaired) electrons. The van der Waals surface area contributed by atoms with E-state index in [9.17, 15) is 5.11 Å². The lowest BCUT2D eigenvalue weighted by Gasteiger charge is -2.26. The fourth-order valence-electron chi connectivity index (χ4n) is 2.62. The molecule has 1 N–H and O–H groups in total. The van der Waals surface area contributed by atoms with Crippen molar-refractivity contribution in [1.82, 2.24) is 0 Å². The molecule has 3 heteroatoms. The zero-order chi connectivity index (χ0) is 14.2. The van der Waals surface area contributed by atoms with Crippen LogP contribution in [-0.4, -0.2) is 5.11 Å². The average Bonchev–Trinajstić information content (AvgIpc) is 2.53. The molecular weight excluding hydrogens is 264 g/mol. The number of fused-ring (bicyclic) bond motifs is 2. The molecular formula is C18H12O3. The van der Waals surface area contributed by atoms with Gasteiger partial charge in [-0.15, -0.1) is 0 Å². The highest BCUT2D eigenvalue weighted by atomic mass is 16.5. The predicted molar refractivity (Wildman–Crippen MR) is 79.5 cm³/mol. The number of allylic oxidation sites excluding steroid dienone is 1. The standard InChI is InChI=1S/C18H12O3/c19-13-6-7-14-16(10-13)21-17-11-20-9-8-15(17)18(14)12-4-2-1-3-5-12/h1-11,19H. The van der Waals surface area contributed by atoms with Crippen LogP contribution in [0.25, 0.3) is 5.57 Å². The molecule has 0 spiro atoms. The number of ether oxygens (including phenoxy) is 2. The summed E-state index contributed by atoms with van der Waals surface area (Å²) in [6, 6.07) is 15.3. The fourth-order valence-corrected chi connectivity index (χ4v) is 2.62. The maximum atomic E-state index is 9.68. The molecule has 21 heavy (non-hydrogen) atoms. The van der Waals surface area contributed by atoms with Crippen LogP contribution >= 0.6 is 0 Å². The molecule has 2 aromatic rings. The molecule has 0 aliphatic carbocycles. The molecule has 0 fully saturated rings. The minimum absolute atomic E-state index is 0.178. The normalized spacial score (nSPS) is 15.5. The van der Waals surface area contributed by atoms with Crippen LogP contribution in [0.15, 0.2) is 78.5 Å². The van der Waals surface area contributed by atoms with Crippen molar-refractivity contribution in [1.29, 1.82) is 0 Å². The quantitative estimate of drug-likeness (QED) is 0.856. The summed E-state index contributed by atoms with van der Waals surface area (Å²) in [6.07, 6.45) is 5.11. The van der Waals surface area contributed by atoms with Gasteiger partial charge in [0.25, 0.3) is 0 Å². The Labute approximate surface area is 122 Å². The van der Waals surface area contributed by atoms with Gasteiger partial charge in [-0.3, -0.25) is 0 Å². The highest BCUT2D eigenvalue weighted by Gasteiger charge is 2.26. The molecule has 0 unspecified atom stereocenters. The van der Waals surface area contributed by atoms with Gasteiger partial charge in [-0.2, -0.15) is 0 Å². The van der Waals surface area contributed by atoms with Crippen LogP contribution in [0.3, 0.4) is 0 Å². The number of hydrogen-bond acceptors (Lipinski definition) is 3. The van der Waals surface area contributed by atoms with Gasteiger partial charge in [0.1, 0.15) is 17.8 Å². The SMILES string of the molecule is Oc1ccc2c(c1)OC1=COC=CC1=C2c1ccccc1. The molecule has 0 atom stereocenters. The first kappa shape index (κ1) is 11.9. The van der Waals surface area contributed by atoms with Crippen molar-refractivity contribution in [3.05, 3.63) is 89.6 Å². The topological polar surface area (TPSA) is 38.7 Å². The summed E-state index contributed by atoms with van der Waals surface area (Å²) in [4.78, 5) is 0. The lowest BCUT2D eigenvalue weighted by atomic mass is 9.89. The van der Waals surface area contributed by atoms with Crippen molar-refractivity contribution in [3.63, 3.8) is 0 Å². The molecule has 2 aliphatic heterocycles. The molecule has 0 bridgehead atoms. The van der Waals surface area contributed by atoms with Crippen LogP contribution in [0.1, 0.15) is 11.1 Å². The number of phenols is 1. The van der Waals surface area contributed by atoms with Gasteiger partial charge in [0, 0.05) is 22.8 Å². The molecule has 0 aromatic heterocycles. The van der Waals surface area contributed by atoms with E-state index in [1.807, 2.05) is 30.3 Å². The van der Waals surface area contributed by atoms with Crippen molar-refractivity contribution in [3.8, 4) is 11.5 Å². The van der Waals surface area contributed by atoms with Gasteiger partial charge in [0.05, 0.1) is 6.26 Å². The molecule has 0 saturated heterocycles. The molecule has 2 heterocycles. The summed E-state index contributed by atoms with van der Waals surface area (Å²) < 4.78 is 11.0. The third-order valence-corrected chi connectivity index (χ3v) is 3.54. The van der Waals surface area contributed by atoms with E-state index in [2.05, 4.69) is 12.1 Å². The number of rotatable bonds is 1. The lowest BCUT2D eigenvalue weighted by Crippen LogP contribution is -2.11. The molecule has 4 rings (SSSR count). The second-order valence-corrected chi connectivity index (χ2v) is 4.86. The number of hydrogen-bond donors (Lipinski definition) is 1. The maximum Gasteiger partial charge on any atom is 0.170 e. The van der Waals surface area contributed by atoms with E-state index in [0.29, 0.717) is 11.5 Å². The first-order valence-corrected chi connectivity index (χ1v) is 6.66. The van der Waals surface area contributed by atoms with Gasteiger partial charge in [-0.1, -0.05) is 30.3 Å². The summed E-state index contributed by atoms with van der Waals surface area (Å²) in [5, 5.41) is 9.68.